The number of hydrogen-bond acceptors (Lipinski definition) is 8. The molecule has 2 aromatic rings. The molecule has 2 rings (SSSR count). The second-order valence-corrected chi connectivity index (χ2v) is 6.82. The SMILES string of the molecule is CCOC(=O)c1sc(NC(=O)CCn2cc(C(=O)O)cn2)c(C(=O)OCC)c1C. The number of amides is 1. The van der Waals surface area contributed by atoms with Crippen molar-refractivity contribution in [2.24, 2.45) is 0 Å². The van der Waals surface area contributed by atoms with Crippen molar-refractivity contribution in [3.63, 3.8) is 0 Å². The van der Waals surface area contributed by atoms with Gasteiger partial charge in [0.15, 0.2) is 0 Å². The van der Waals surface area contributed by atoms with Crippen molar-refractivity contribution in [3.05, 3.63) is 34.0 Å². The van der Waals surface area contributed by atoms with E-state index in [1.807, 2.05) is 0 Å². The highest BCUT2D eigenvalue weighted by Gasteiger charge is 2.27. The van der Waals surface area contributed by atoms with E-state index in [2.05, 4.69) is 10.4 Å². The second kappa shape index (κ2) is 9.82. The van der Waals surface area contributed by atoms with Gasteiger partial charge < -0.3 is 19.9 Å². The Morgan fingerprint density at radius 1 is 1.17 bits per heavy atom. The quantitative estimate of drug-likeness (QED) is 0.586. The smallest absolute Gasteiger partial charge is 0.348 e. The predicted octanol–water partition coefficient (Wildman–Crippen LogP) is 2.33. The van der Waals surface area contributed by atoms with E-state index in [4.69, 9.17) is 14.6 Å². The molecule has 0 saturated heterocycles. The number of rotatable bonds is 9. The summed E-state index contributed by atoms with van der Waals surface area (Å²) in [6.07, 6.45) is 2.48. The number of nitrogens with one attached hydrogen (secondary N) is 1. The van der Waals surface area contributed by atoms with Crippen molar-refractivity contribution in [1.82, 2.24) is 9.78 Å². The number of carbonyl (C=O) groups is 4. The van der Waals surface area contributed by atoms with Gasteiger partial charge in [-0.1, -0.05) is 0 Å². The normalized spacial score (nSPS) is 10.4. The molecule has 2 aromatic heterocycles. The Kier molecular flexibility index (Phi) is 7.48. The number of thiophene rings is 1. The second-order valence-electron chi connectivity index (χ2n) is 5.80. The Morgan fingerprint density at radius 2 is 1.83 bits per heavy atom. The average Bonchev–Trinajstić information content (AvgIpc) is 3.25. The number of aryl methyl sites for hydroxylation is 1. The molecule has 0 spiro atoms. The molecule has 156 valence electrons. The Morgan fingerprint density at radius 3 is 2.41 bits per heavy atom. The number of carboxylic acids is 1. The first kappa shape index (κ1) is 22.1. The molecule has 0 aliphatic carbocycles. The van der Waals surface area contributed by atoms with E-state index >= 15 is 0 Å². The summed E-state index contributed by atoms with van der Waals surface area (Å²) in [7, 11) is 0. The molecule has 0 aliphatic heterocycles. The van der Waals surface area contributed by atoms with Crippen LogP contribution in [0.25, 0.3) is 0 Å². The third-order valence-corrected chi connectivity index (χ3v) is 4.98. The highest BCUT2D eigenvalue weighted by atomic mass is 32.1. The molecule has 10 nitrogen and oxygen atoms in total. The van der Waals surface area contributed by atoms with Crippen molar-refractivity contribution in [2.75, 3.05) is 18.5 Å². The third kappa shape index (κ3) is 5.41. The number of nitrogens with zero attached hydrogens (tertiary/aromatic N) is 2. The molecule has 0 aliphatic rings. The maximum absolute atomic E-state index is 12.3. The summed E-state index contributed by atoms with van der Waals surface area (Å²) in [5, 5.41) is 15.6. The Balaban J connectivity index is 2.17. The van der Waals surface area contributed by atoms with E-state index in [9.17, 15) is 19.2 Å². The van der Waals surface area contributed by atoms with E-state index in [-0.39, 0.29) is 47.2 Å². The first-order valence-corrected chi connectivity index (χ1v) is 9.63. The number of hydrogen-bond donors (Lipinski definition) is 2. The van der Waals surface area contributed by atoms with Crippen LogP contribution in [0.2, 0.25) is 0 Å². The number of anilines is 1. The van der Waals surface area contributed by atoms with Crippen LogP contribution in [0.3, 0.4) is 0 Å². The molecular formula is C18H21N3O7S. The van der Waals surface area contributed by atoms with Gasteiger partial charge in [0.2, 0.25) is 5.91 Å². The highest BCUT2D eigenvalue weighted by Crippen LogP contribution is 2.34. The van der Waals surface area contributed by atoms with Crippen LogP contribution in [0.1, 0.15) is 56.2 Å². The summed E-state index contributed by atoms with van der Waals surface area (Å²) in [5.74, 6) is -2.77. The number of carbonyl (C=O) groups excluding carboxylic acids is 3. The maximum Gasteiger partial charge on any atom is 0.348 e. The van der Waals surface area contributed by atoms with Gasteiger partial charge in [-0.05, 0) is 26.3 Å². The van der Waals surface area contributed by atoms with Crippen molar-refractivity contribution in [1.29, 1.82) is 0 Å². The molecule has 11 heteroatoms. The first-order valence-electron chi connectivity index (χ1n) is 8.81. The Labute approximate surface area is 170 Å². The molecule has 0 bridgehead atoms. The molecule has 0 unspecified atom stereocenters. The van der Waals surface area contributed by atoms with E-state index in [0.29, 0.717) is 5.56 Å². The minimum atomic E-state index is -1.11. The van der Waals surface area contributed by atoms with Crippen LogP contribution in [-0.2, 0) is 20.8 Å². The molecule has 0 saturated carbocycles. The number of esters is 2. The van der Waals surface area contributed by atoms with Gasteiger partial charge >= 0.3 is 17.9 Å². The van der Waals surface area contributed by atoms with Gasteiger partial charge in [0, 0.05) is 19.2 Å². The van der Waals surface area contributed by atoms with Crippen LogP contribution in [0.15, 0.2) is 12.4 Å². The summed E-state index contributed by atoms with van der Waals surface area (Å²) in [4.78, 5) is 47.9. The Hall–Kier alpha value is -3.21. The summed E-state index contributed by atoms with van der Waals surface area (Å²) in [6.45, 7) is 5.36. The van der Waals surface area contributed by atoms with Crippen LogP contribution >= 0.6 is 11.3 Å². The van der Waals surface area contributed by atoms with Crippen LogP contribution in [0.4, 0.5) is 5.00 Å². The van der Waals surface area contributed by atoms with Gasteiger partial charge in [0.1, 0.15) is 9.88 Å². The zero-order valence-electron chi connectivity index (χ0n) is 16.2. The van der Waals surface area contributed by atoms with Crippen LogP contribution in [0, 0.1) is 6.92 Å². The average molecular weight is 423 g/mol. The van der Waals surface area contributed by atoms with Crippen LogP contribution < -0.4 is 5.32 Å². The lowest BCUT2D eigenvalue weighted by atomic mass is 10.1. The lowest BCUT2D eigenvalue weighted by Gasteiger charge is -2.07. The number of aromatic nitrogens is 2. The van der Waals surface area contributed by atoms with E-state index < -0.39 is 23.8 Å². The lowest BCUT2D eigenvalue weighted by molar-refractivity contribution is -0.116. The molecule has 2 N–H and O–H groups in total. The van der Waals surface area contributed by atoms with Gasteiger partial charge in [-0.3, -0.25) is 9.48 Å². The van der Waals surface area contributed by atoms with E-state index in [1.54, 1.807) is 20.8 Å². The number of aromatic carboxylic acids is 1. The van der Waals surface area contributed by atoms with Gasteiger partial charge in [0.25, 0.3) is 0 Å². The minimum Gasteiger partial charge on any atom is -0.478 e. The molecule has 1 amide bonds. The number of carboxylic acid groups (broad SMARTS) is 1. The predicted molar refractivity (Wildman–Crippen MR) is 103 cm³/mol. The largest absolute Gasteiger partial charge is 0.478 e. The van der Waals surface area contributed by atoms with Crippen molar-refractivity contribution >= 4 is 40.2 Å². The first-order chi connectivity index (χ1) is 13.8. The van der Waals surface area contributed by atoms with E-state index in [1.165, 1.54) is 17.1 Å². The zero-order chi connectivity index (χ0) is 21.6. The Bertz CT molecular complexity index is 932. The van der Waals surface area contributed by atoms with E-state index in [0.717, 1.165) is 11.3 Å². The van der Waals surface area contributed by atoms with Gasteiger partial charge in [-0.2, -0.15) is 5.10 Å². The molecule has 2 heterocycles. The van der Waals surface area contributed by atoms with Crippen LogP contribution in [0.5, 0.6) is 0 Å². The summed E-state index contributed by atoms with van der Waals surface area (Å²) in [5.41, 5.74) is 0.504. The van der Waals surface area contributed by atoms with Crippen molar-refractivity contribution in [3.8, 4) is 0 Å². The lowest BCUT2D eigenvalue weighted by Crippen LogP contribution is -2.16. The summed E-state index contributed by atoms with van der Waals surface area (Å²) >= 11 is 0.939. The molecule has 0 radical (unpaired) electrons. The van der Waals surface area contributed by atoms with Crippen molar-refractivity contribution < 1.29 is 33.8 Å². The third-order valence-electron chi connectivity index (χ3n) is 3.79. The van der Waals surface area contributed by atoms with Gasteiger partial charge in [-0.15, -0.1) is 11.3 Å². The fraction of sp³-hybridized carbons (Fsp3) is 0.389. The summed E-state index contributed by atoms with van der Waals surface area (Å²) < 4.78 is 11.4. The fourth-order valence-electron chi connectivity index (χ4n) is 2.44. The van der Waals surface area contributed by atoms with Crippen molar-refractivity contribution in [2.45, 2.75) is 33.7 Å². The minimum absolute atomic E-state index is 0.0166. The highest BCUT2D eigenvalue weighted by molar-refractivity contribution is 7.18. The zero-order valence-corrected chi connectivity index (χ0v) is 17.0. The van der Waals surface area contributed by atoms with Crippen LogP contribution in [-0.4, -0.2) is 51.9 Å². The summed E-state index contributed by atoms with van der Waals surface area (Å²) in [6, 6.07) is 0. The van der Waals surface area contributed by atoms with Gasteiger partial charge in [0.05, 0.1) is 30.5 Å². The molecule has 0 atom stereocenters. The maximum atomic E-state index is 12.3. The fourth-order valence-corrected chi connectivity index (χ4v) is 3.55. The topological polar surface area (TPSA) is 137 Å². The molecule has 0 fully saturated rings. The monoisotopic (exact) mass is 423 g/mol. The molecular weight excluding hydrogens is 402 g/mol. The number of ether oxygens (including phenoxy) is 2. The molecule has 29 heavy (non-hydrogen) atoms. The molecule has 0 aromatic carbocycles. The standard InChI is InChI=1S/C18H21N3O7S/c1-4-27-17(25)13-10(3)14(18(26)28-5-2)29-15(13)20-12(22)6-7-21-9-11(8-19-21)16(23)24/h8-9H,4-7H2,1-3H3,(H,20,22)(H,23,24). The van der Waals surface area contributed by atoms with Gasteiger partial charge in [-0.25, -0.2) is 14.4 Å².